The number of nitrogens with one attached hydrogen (secondary N) is 1. The molecule has 0 bridgehead atoms. The van der Waals surface area contributed by atoms with Crippen LogP contribution >= 0.6 is 11.3 Å². The van der Waals surface area contributed by atoms with Crippen LogP contribution in [0.1, 0.15) is 25.7 Å². The molecule has 5 rings (SSSR count). The summed E-state index contributed by atoms with van der Waals surface area (Å²) in [6.45, 7) is 0. The Kier molecular flexibility index (Phi) is 3.86. The van der Waals surface area contributed by atoms with E-state index in [1.165, 1.54) is 24.2 Å². The summed E-state index contributed by atoms with van der Waals surface area (Å²) in [4.78, 5) is 18.6. The molecule has 1 fully saturated rings. The van der Waals surface area contributed by atoms with E-state index in [9.17, 15) is 0 Å². The molecule has 3 aromatic heterocycles. The standard InChI is InChI=1S/C19H17N5OS/c1-2-5-12(4-1)25-13-7-8-15-14(10-13)17(22-11-21-15)24-19-23-16-6-3-9-20-18(16)26-19/h3,6-12H,1-2,4-5H2,(H,21,22,23,24). The predicted molar refractivity (Wildman–Crippen MR) is 103 cm³/mol. The molecule has 1 aromatic carbocycles. The van der Waals surface area contributed by atoms with Crippen molar-refractivity contribution in [3.8, 4) is 5.75 Å². The molecule has 3 heterocycles. The molecular weight excluding hydrogens is 346 g/mol. The second kappa shape index (κ2) is 6.49. The zero-order valence-electron chi connectivity index (χ0n) is 14.1. The van der Waals surface area contributed by atoms with Gasteiger partial charge in [-0.05, 0) is 56.0 Å². The van der Waals surface area contributed by atoms with Gasteiger partial charge in [0.05, 0.1) is 11.6 Å². The van der Waals surface area contributed by atoms with Crippen LogP contribution in [0.2, 0.25) is 0 Å². The molecule has 1 N–H and O–H groups in total. The maximum absolute atomic E-state index is 6.13. The minimum Gasteiger partial charge on any atom is -0.490 e. The van der Waals surface area contributed by atoms with Gasteiger partial charge in [-0.15, -0.1) is 0 Å². The van der Waals surface area contributed by atoms with Gasteiger partial charge in [-0.25, -0.2) is 19.9 Å². The van der Waals surface area contributed by atoms with E-state index in [0.717, 1.165) is 50.8 Å². The zero-order valence-corrected chi connectivity index (χ0v) is 14.9. The van der Waals surface area contributed by atoms with Gasteiger partial charge in [0.2, 0.25) is 0 Å². The molecule has 0 atom stereocenters. The first-order valence-electron chi connectivity index (χ1n) is 8.75. The van der Waals surface area contributed by atoms with Gasteiger partial charge in [0.25, 0.3) is 0 Å². The fourth-order valence-corrected chi connectivity index (χ4v) is 4.14. The van der Waals surface area contributed by atoms with E-state index in [1.807, 2.05) is 30.3 Å². The van der Waals surface area contributed by atoms with Gasteiger partial charge in [-0.1, -0.05) is 11.3 Å². The average Bonchev–Trinajstić information content (AvgIpc) is 3.31. The van der Waals surface area contributed by atoms with Crippen molar-refractivity contribution in [1.29, 1.82) is 0 Å². The van der Waals surface area contributed by atoms with Crippen LogP contribution in [-0.2, 0) is 0 Å². The van der Waals surface area contributed by atoms with Gasteiger partial charge in [0.15, 0.2) is 5.13 Å². The van der Waals surface area contributed by atoms with Crippen LogP contribution in [0.5, 0.6) is 5.75 Å². The van der Waals surface area contributed by atoms with Crippen molar-refractivity contribution in [2.24, 2.45) is 0 Å². The number of benzene rings is 1. The highest BCUT2D eigenvalue weighted by Crippen LogP contribution is 2.31. The summed E-state index contributed by atoms with van der Waals surface area (Å²) >= 11 is 1.51. The van der Waals surface area contributed by atoms with Crippen LogP contribution in [0.3, 0.4) is 0 Å². The van der Waals surface area contributed by atoms with Crippen LogP contribution in [0.4, 0.5) is 10.9 Å². The monoisotopic (exact) mass is 363 g/mol. The SMILES string of the molecule is c1cnc2sc(Nc3ncnc4ccc(OC5CCCC5)cc34)nc2c1. The third-order valence-electron chi connectivity index (χ3n) is 4.60. The summed E-state index contributed by atoms with van der Waals surface area (Å²) in [6.07, 6.45) is 8.42. The zero-order chi connectivity index (χ0) is 17.3. The Hall–Kier alpha value is -2.80. The number of anilines is 2. The Morgan fingerprint density at radius 3 is 2.85 bits per heavy atom. The molecule has 0 aliphatic heterocycles. The van der Waals surface area contributed by atoms with E-state index in [1.54, 1.807) is 12.5 Å². The van der Waals surface area contributed by atoms with Crippen molar-refractivity contribution in [1.82, 2.24) is 19.9 Å². The maximum atomic E-state index is 6.13. The lowest BCUT2D eigenvalue weighted by Crippen LogP contribution is -2.10. The minimum atomic E-state index is 0.323. The molecular formula is C19H17N5OS. The van der Waals surface area contributed by atoms with E-state index in [2.05, 4.69) is 25.3 Å². The van der Waals surface area contributed by atoms with E-state index >= 15 is 0 Å². The molecule has 0 unspecified atom stereocenters. The summed E-state index contributed by atoms with van der Waals surface area (Å²) in [5.41, 5.74) is 1.75. The van der Waals surface area contributed by atoms with Crippen molar-refractivity contribution < 1.29 is 4.74 Å². The lowest BCUT2D eigenvalue weighted by atomic mass is 10.2. The Bertz CT molecular complexity index is 1040. The summed E-state index contributed by atoms with van der Waals surface area (Å²) in [6, 6.07) is 9.82. The summed E-state index contributed by atoms with van der Waals surface area (Å²) in [5, 5.41) is 5.01. The van der Waals surface area contributed by atoms with Crippen molar-refractivity contribution in [2.75, 3.05) is 5.32 Å². The first-order chi connectivity index (χ1) is 12.8. The molecule has 130 valence electrons. The van der Waals surface area contributed by atoms with Gasteiger partial charge in [-0.3, -0.25) is 0 Å². The molecule has 26 heavy (non-hydrogen) atoms. The second-order valence-corrected chi connectivity index (χ2v) is 7.37. The lowest BCUT2D eigenvalue weighted by Gasteiger charge is -2.14. The molecule has 0 radical (unpaired) electrons. The number of thiazole rings is 1. The highest BCUT2D eigenvalue weighted by atomic mass is 32.1. The van der Waals surface area contributed by atoms with E-state index in [4.69, 9.17) is 4.74 Å². The van der Waals surface area contributed by atoms with E-state index in [-0.39, 0.29) is 0 Å². The number of ether oxygens (including phenoxy) is 1. The molecule has 4 aromatic rings. The van der Waals surface area contributed by atoms with Crippen LogP contribution in [0.25, 0.3) is 21.3 Å². The van der Waals surface area contributed by atoms with Crippen molar-refractivity contribution in [3.05, 3.63) is 42.9 Å². The molecule has 1 saturated carbocycles. The highest BCUT2D eigenvalue weighted by Gasteiger charge is 2.17. The summed E-state index contributed by atoms with van der Waals surface area (Å²) in [5.74, 6) is 1.60. The number of hydrogen-bond donors (Lipinski definition) is 1. The Morgan fingerprint density at radius 1 is 1.04 bits per heavy atom. The van der Waals surface area contributed by atoms with Crippen molar-refractivity contribution >= 4 is 43.5 Å². The lowest BCUT2D eigenvalue weighted by molar-refractivity contribution is 0.210. The number of nitrogens with zero attached hydrogens (tertiary/aromatic N) is 4. The Labute approximate surface area is 154 Å². The van der Waals surface area contributed by atoms with Crippen LogP contribution in [-0.4, -0.2) is 26.0 Å². The van der Waals surface area contributed by atoms with Gasteiger partial charge in [-0.2, -0.15) is 0 Å². The smallest absolute Gasteiger partial charge is 0.190 e. The molecule has 0 spiro atoms. The number of pyridine rings is 1. The van der Waals surface area contributed by atoms with Gasteiger partial charge in [0.1, 0.15) is 28.2 Å². The molecule has 1 aliphatic rings. The first kappa shape index (κ1) is 15.5. The number of aromatic nitrogens is 4. The predicted octanol–water partition coefficient (Wildman–Crippen LogP) is 4.70. The minimum absolute atomic E-state index is 0.323. The van der Waals surface area contributed by atoms with E-state index in [0.29, 0.717) is 6.10 Å². The number of hydrogen-bond acceptors (Lipinski definition) is 7. The van der Waals surface area contributed by atoms with Crippen LogP contribution < -0.4 is 10.1 Å². The third-order valence-corrected chi connectivity index (χ3v) is 5.50. The third kappa shape index (κ3) is 2.94. The van der Waals surface area contributed by atoms with Crippen LogP contribution in [0.15, 0.2) is 42.9 Å². The van der Waals surface area contributed by atoms with Crippen molar-refractivity contribution in [2.45, 2.75) is 31.8 Å². The van der Waals surface area contributed by atoms with Gasteiger partial charge < -0.3 is 10.1 Å². The summed E-state index contributed by atoms with van der Waals surface area (Å²) < 4.78 is 6.13. The molecule has 7 heteroatoms. The fraction of sp³-hybridized carbons (Fsp3) is 0.263. The largest absolute Gasteiger partial charge is 0.490 e. The Morgan fingerprint density at radius 2 is 1.96 bits per heavy atom. The molecule has 0 saturated heterocycles. The first-order valence-corrected chi connectivity index (χ1v) is 9.57. The van der Waals surface area contributed by atoms with Crippen molar-refractivity contribution in [3.63, 3.8) is 0 Å². The average molecular weight is 363 g/mol. The number of rotatable bonds is 4. The molecule has 6 nitrogen and oxygen atoms in total. The van der Waals surface area contributed by atoms with E-state index < -0.39 is 0 Å². The highest BCUT2D eigenvalue weighted by molar-refractivity contribution is 7.21. The van der Waals surface area contributed by atoms with Gasteiger partial charge >= 0.3 is 0 Å². The van der Waals surface area contributed by atoms with Crippen LogP contribution in [0, 0.1) is 0 Å². The number of fused-ring (bicyclic) bond motifs is 2. The summed E-state index contributed by atoms with van der Waals surface area (Å²) in [7, 11) is 0. The molecule has 0 amide bonds. The fourth-order valence-electron chi connectivity index (χ4n) is 3.33. The maximum Gasteiger partial charge on any atom is 0.190 e. The Balaban J connectivity index is 1.49. The molecule has 1 aliphatic carbocycles. The quantitative estimate of drug-likeness (QED) is 0.566. The second-order valence-electron chi connectivity index (χ2n) is 6.40. The topological polar surface area (TPSA) is 72.8 Å². The van der Waals surface area contributed by atoms with Gasteiger partial charge in [0, 0.05) is 11.6 Å². The normalized spacial score (nSPS) is 14.9.